The van der Waals surface area contributed by atoms with Crippen LogP contribution in [0, 0.1) is 0 Å². The van der Waals surface area contributed by atoms with Gasteiger partial charge in [0.25, 0.3) is 0 Å². The molecule has 1 rings (SSSR count). The SMILES string of the molecule is COCOc1cc(C(OC(=O)C(F)(F)F)C(C)N)cc(OCOC)c1OCCF. The van der Waals surface area contributed by atoms with Crippen molar-refractivity contribution >= 4 is 5.97 Å². The molecular weight excluding hydrogens is 406 g/mol. The zero-order valence-electron chi connectivity index (χ0n) is 16.1. The number of alkyl halides is 4. The number of ether oxygens (including phenoxy) is 6. The van der Waals surface area contributed by atoms with Gasteiger partial charge in [0.05, 0.1) is 0 Å². The van der Waals surface area contributed by atoms with Gasteiger partial charge in [-0.1, -0.05) is 0 Å². The molecule has 0 saturated carbocycles. The van der Waals surface area contributed by atoms with E-state index < -0.39 is 31.0 Å². The van der Waals surface area contributed by atoms with Gasteiger partial charge in [-0.3, -0.25) is 0 Å². The number of carbonyl (C=O) groups is 1. The molecule has 0 aliphatic carbocycles. The van der Waals surface area contributed by atoms with Crippen LogP contribution in [-0.4, -0.2) is 59.3 Å². The Morgan fingerprint density at radius 2 is 1.59 bits per heavy atom. The molecule has 0 heterocycles. The minimum absolute atomic E-state index is 0.0300. The summed E-state index contributed by atoms with van der Waals surface area (Å²) in [5.74, 6) is -2.53. The van der Waals surface area contributed by atoms with Crippen LogP contribution in [0.4, 0.5) is 17.6 Å². The van der Waals surface area contributed by atoms with E-state index in [1.165, 1.54) is 33.3 Å². The highest BCUT2D eigenvalue weighted by molar-refractivity contribution is 5.76. The highest BCUT2D eigenvalue weighted by Gasteiger charge is 2.43. The molecule has 2 N–H and O–H groups in total. The second-order valence-corrected chi connectivity index (χ2v) is 5.67. The first-order valence-electron chi connectivity index (χ1n) is 8.29. The largest absolute Gasteiger partial charge is 0.490 e. The van der Waals surface area contributed by atoms with E-state index in [-0.39, 0.29) is 43.0 Å². The van der Waals surface area contributed by atoms with Crippen LogP contribution in [0.1, 0.15) is 18.6 Å². The molecule has 0 spiro atoms. The van der Waals surface area contributed by atoms with Crippen molar-refractivity contribution < 1.29 is 50.8 Å². The van der Waals surface area contributed by atoms with Crippen LogP contribution in [0.25, 0.3) is 0 Å². The van der Waals surface area contributed by atoms with Gasteiger partial charge in [0.2, 0.25) is 5.75 Å². The Balaban J connectivity index is 3.42. The average Bonchev–Trinajstić information content (AvgIpc) is 2.66. The van der Waals surface area contributed by atoms with Crippen LogP contribution >= 0.6 is 0 Å². The Hall–Kier alpha value is -2.31. The van der Waals surface area contributed by atoms with Gasteiger partial charge in [0.15, 0.2) is 25.1 Å². The molecule has 2 atom stereocenters. The summed E-state index contributed by atoms with van der Waals surface area (Å²) in [7, 11) is 2.67. The molecule has 0 aliphatic heterocycles. The molecule has 0 amide bonds. The lowest BCUT2D eigenvalue weighted by Crippen LogP contribution is -2.34. The molecule has 0 saturated heterocycles. The van der Waals surface area contributed by atoms with Gasteiger partial charge in [0, 0.05) is 25.8 Å². The van der Waals surface area contributed by atoms with Gasteiger partial charge in [-0.05, 0) is 19.1 Å². The molecule has 0 aromatic heterocycles. The highest BCUT2D eigenvalue weighted by Crippen LogP contribution is 2.42. The van der Waals surface area contributed by atoms with Crippen molar-refractivity contribution in [3.05, 3.63) is 17.7 Å². The molecular formula is C17H23F4NO7. The summed E-state index contributed by atoms with van der Waals surface area (Å²) in [5, 5.41) is 0. The van der Waals surface area contributed by atoms with Gasteiger partial charge >= 0.3 is 12.1 Å². The Bertz CT molecular complexity index is 626. The molecule has 0 fully saturated rings. The average molecular weight is 429 g/mol. The van der Waals surface area contributed by atoms with Crippen LogP contribution in [0.2, 0.25) is 0 Å². The lowest BCUT2D eigenvalue weighted by Gasteiger charge is -2.24. The third kappa shape index (κ3) is 7.55. The number of esters is 1. The van der Waals surface area contributed by atoms with Crippen LogP contribution in [0.5, 0.6) is 17.2 Å². The van der Waals surface area contributed by atoms with Crippen molar-refractivity contribution in [2.75, 3.05) is 41.1 Å². The van der Waals surface area contributed by atoms with E-state index in [9.17, 15) is 22.4 Å². The fourth-order valence-corrected chi connectivity index (χ4v) is 2.16. The van der Waals surface area contributed by atoms with Crippen molar-refractivity contribution in [3.63, 3.8) is 0 Å². The van der Waals surface area contributed by atoms with E-state index in [1.54, 1.807) is 0 Å². The van der Waals surface area contributed by atoms with Crippen LogP contribution in [-0.2, 0) is 19.0 Å². The van der Waals surface area contributed by atoms with E-state index in [0.717, 1.165) is 0 Å². The van der Waals surface area contributed by atoms with Gasteiger partial charge < -0.3 is 34.2 Å². The van der Waals surface area contributed by atoms with Crippen molar-refractivity contribution in [1.29, 1.82) is 0 Å². The zero-order valence-corrected chi connectivity index (χ0v) is 16.1. The maximum atomic E-state index is 12.6. The fourth-order valence-electron chi connectivity index (χ4n) is 2.16. The van der Waals surface area contributed by atoms with E-state index in [4.69, 9.17) is 29.4 Å². The number of hydrogen-bond acceptors (Lipinski definition) is 8. The Kier molecular flexibility index (Phi) is 9.92. The molecule has 12 heteroatoms. The first-order chi connectivity index (χ1) is 13.6. The quantitative estimate of drug-likeness (QED) is 0.308. The summed E-state index contributed by atoms with van der Waals surface area (Å²) in [6, 6.07) is 1.46. The minimum atomic E-state index is -5.21. The molecule has 8 nitrogen and oxygen atoms in total. The number of halogens is 4. The molecule has 2 unspecified atom stereocenters. The Morgan fingerprint density at radius 1 is 1.07 bits per heavy atom. The van der Waals surface area contributed by atoms with Gasteiger partial charge in [0.1, 0.15) is 19.4 Å². The first kappa shape index (κ1) is 24.7. The lowest BCUT2D eigenvalue weighted by molar-refractivity contribution is -0.206. The van der Waals surface area contributed by atoms with Crippen LogP contribution in [0.3, 0.4) is 0 Å². The van der Waals surface area contributed by atoms with Gasteiger partial charge in [-0.15, -0.1) is 0 Å². The zero-order chi connectivity index (χ0) is 22.0. The smallest absolute Gasteiger partial charge is 0.484 e. The molecule has 29 heavy (non-hydrogen) atoms. The molecule has 0 radical (unpaired) electrons. The van der Waals surface area contributed by atoms with Crippen molar-refractivity contribution in [1.82, 2.24) is 0 Å². The van der Waals surface area contributed by atoms with Gasteiger partial charge in [-0.25, -0.2) is 9.18 Å². The number of nitrogens with two attached hydrogens (primary N) is 1. The predicted octanol–water partition coefficient (Wildman–Crippen LogP) is 2.49. The van der Waals surface area contributed by atoms with E-state index >= 15 is 0 Å². The lowest BCUT2D eigenvalue weighted by atomic mass is 10.0. The number of methoxy groups -OCH3 is 2. The Morgan fingerprint density at radius 3 is 1.97 bits per heavy atom. The third-order valence-electron chi connectivity index (χ3n) is 3.30. The topological polar surface area (TPSA) is 98.5 Å². The van der Waals surface area contributed by atoms with E-state index in [1.807, 2.05) is 0 Å². The monoisotopic (exact) mass is 429 g/mol. The fraction of sp³-hybridized carbons (Fsp3) is 0.588. The van der Waals surface area contributed by atoms with E-state index in [2.05, 4.69) is 4.74 Å². The normalized spacial score (nSPS) is 13.5. The number of benzene rings is 1. The first-order valence-corrected chi connectivity index (χ1v) is 8.29. The molecule has 1 aromatic rings. The number of hydrogen-bond donors (Lipinski definition) is 1. The number of rotatable bonds is 12. The Labute approximate surface area is 164 Å². The maximum absolute atomic E-state index is 12.6. The number of carbonyl (C=O) groups excluding carboxylic acids is 1. The van der Waals surface area contributed by atoms with Crippen molar-refractivity contribution in [3.8, 4) is 17.2 Å². The second kappa shape index (κ2) is 11.6. The summed E-state index contributed by atoms with van der Waals surface area (Å²) in [6.07, 6.45) is -6.70. The summed E-state index contributed by atoms with van der Waals surface area (Å²) >= 11 is 0. The maximum Gasteiger partial charge on any atom is 0.490 e. The molecule has 0 bridgehead atoms. The van der Waals surface area contributed by atoms with Crippen LogP contribution < -0.4 is 19.9 Å². The molecule has 166 valence electrons. The molecule has 1 aromatic carbocycles. The van der Waals surface area contributed by atoms with Crippen molar-refractivity contribution in [2.45, 2.75) is 25.2 Å². The molecule has 0 aliphatic rings. The van der Waals surface area contributed by atoms with E-state index in [0.29, 0.717) is 0 Å². The minimum Gasteiger partial charge on any atom is -0.484 e. The van der Waals surface area contributed by atoms with Crippen LogP contribution in [0.15, 0.2) is 12.1 Å². The third-order valence-corrected chi connectivity index (χ3v) is 3.30. The summed E-state index contributed by atoms with van der Waals surface area (Å²) < 4.78 is 80.6. The summed E-state index contributed by atoms with van der Waals surface area (Å²) in [4.78, 5) is 11.3. The summed E-state index contributed by atoms with van der Waals surface area (Å²) in [5.41, 5.74) is 5.75. The highest BCUT2D eigenvalue weighted by atomic mass is 19.4. The summed E-state index contributed by atoms with van der Waals surface area (Å²) in [6.45, 7) is -0.325. The predicted molar refractivity (Wildman–Crippen MR) is 91.5 cm³/mol. The standard InChI is InChI=1S/C17H23F4NO7/c1-10(22)14(29-16(23)17(19,20)21)11-6-12(27-8-24-2)15(26-5-4-18)13(7-11)28-9-25-3/h6-7,10,14H,4-5,8-9,22H2,1-3H3. The second-order valence-electron chi connectivity index (χ2n) is 5.67. The van der Waals surface area contributed by atoms with Crippen molar-refractivity contribution in [2.24, 2.45) is 5.73 Å². The van der Waals surface area contributed by atoms with Gasteiger partial charge in [-0.2, -0.15) is 13.2 Å².